The molecule has 0 bridgehead atoms. The van der Waals surface area contributed by atoms with Crippen LogP contribution >= 0.6 is 11.6 Å². The second-order valence-corrected chi connectivity index (χ2v) is 8.42. The molecule has 1 aliphatic carbocycles. The van der Waals surface area contributed by atoms with Crippen molar-refractivity contribution in [1.29, 1.82) is 0 Å². The van der Waals surface area contributed by atoms with Crippen molar-refractivity contribution in [3.8, 4) is 0 Å². The number of aromatic amines is 1. The lowest BCUT2D eigenvalue weighted by Gasteiger charge is -2.34. The third-order valence-corrected chi connectivity index (χ3v) is 6.32. The Bertz CT molecular complexity index is 1070. The van der Waals surface area contributed by atoms with E-state index in [4.69, 9.17) is 16.6 Å². The van der Waals surface area contributed by atoms with Crippen molar-refractivity contribution in [2.75, 3.05) is 23.3 Å². The predicted molar refractivity (Wildman–Crippen MR) is 114 cm³/mol. The quantitative estimate of drug-likeness (QED) is 0.783. The number of ketones is 1. The molecule has 0 saturated carbocycles. The molecule has 1 atom stereocenters. The summed E-state index contributed by atoms with van der Waals surface area (Å²) in [7, 11) is 0. The van der Waals surface area contributed by atoms with Gasteiger partial charge >= 0.3 is 0 Å². The molecule has 0 unspecified atom stereocenters. The van der Waals surface area contributed by atoms with Gasteiger partial charge in [-0.05, 0) is 49.8 Å². The fourth-order valence-electron chi connectivity index (χ4n) is 4.72. The van der Waals surface area contributed by atoms with Crippen molar-refractivity contribution >= 4 is 29.2 Å². The molecule has 2 N–H and O–H groups in total. The molecule has 1 fully saturated rings. The number of Topliss-reactive ketones (excluding diaryl/α,β-unsaturated/α-hetero) is 1. The lowest BCUT2D eigenvalue weighted by molar-refractivity contribution is -0.116. The molecule has 5 rings (SSSR count). The number of nitrogens with one attached hydrogen (secondary N) is 2. The minimum Gasteiger partial charge on any atom is -0.343 e. The fourth-order valence-corrected chi connectivity index (χ4v) is 4.92. The first-order valence-corrected chi connectivity index (χ1v) is 10.7. The number of halogens is 1. The molecular formula is C22H23ClN4O2. The average Bonchev–Trinajstić information content (AvgIpc) is 2.73. The van der Waals surface area contributed by atoms with Crippen molar-refractivity contribution in [3.63, 3.8) is 0 Å². The van der Waals surface area contributed by atoms with E-state index in [2.05, 4.69) is 15.2 Å². The van der Waals surface area contributed by atoms with Crippen LogP contribution in [-0.4, -0.2) is 28.8 Å². The standard InChI is InChI=1S/C22H23ClN4O2/c23-14-7-4-6-13(12-14)17-18-15(8-5-9-16(18)28)24-20-19(17)21(29)26-22(25-20)27-10-2-1-3-11-27/h4,6-7,12,17H,1-3,5,8-11H2,(H2,24,25,26,29)/t17-/m1/s1. The molecule has 150 valence electrons. The van der Waals surface area contributed by atoms with Crippen LogP contribution in [0.3, 0.4) is 0 Å². The third kappa shape index (κ3) is 3.25. The molecule has 0 radical (unpaired) electrons. The van der Waals surface area contributed by atoms with Crippen LogP contribution < -0.4 is 15.8 Å². The number of fused-ring (bicyclic) bond motifs is 1. The van der Waals surface area contributed by atoms with Crippen LogP contribution in [0.1, 0.15) is 55.6 Å². The van der Waals surface area contributed by atoms with Gasteiger partial charge in [0, 0.05) is 41.7 Å². The molecule has 3 heterocycles. The molecule has 1 saturated heterocycles. The number of allylic oxidation sites excluding steroid dienone is 2. The second kappa shape index (κ2) is 7.34. The molecule has 1 aromatic heterocycles. The summed E-state index contributed by atoms with van der Waals surface area (Å²) in [6, 6.07) is 7.42. The van der Waals surface area contributed by atoms with Gasteiger partial charge in [-0.25, -0.2) is 0 Å². The molecule has 0 amide bonds. The Morgan fingerprint density at radius 2 is 1.90 bits per heavy atom. The summed E-state index contributed by atoms with van der Waals surface area (Å²) >= 11 is 6.24. The molecular weight excluding hydrogens is 388 g/mol. The molecule has 1 aromatic carbocycles. The normalized spacial score (nSPS) is 21.5. The van der Waals surface area contributed by atoms with Crippen LogP contribution in [0.2, 0.25) is 5.02 Å². The number of aromatic nitrogens is 2. The van der Waals surface area contributed by atoms with Crippen LogP contribution in [0.25, 0.3) is 0 Å². The molecule has 3 aliphatic rings. The number of benzene rings is 1. The lowest BCUT2D eigenvalue weighted by atomic mass is 9.76. The Kier molecular flexibility index (Phi) is 4.66. The van der Waals surface area contributed by atoms with Crippen LogP contribution in [0.5, 0.6) is 0 Å². The SMILES string of the molecule is O=C1CCCC2=C1[C@@H](c1cccc(Cl)c1)c1c(nc(N3CCCCC3)[nH]c1=O)N2. The Labute approximate surface area is 174 Å². The van der Waals surface area contributed by atoms with Gasteiger partial charge in [-0.3, -0.25) is 14.6 Å². The topological polar surface area (TPSA) is 78.1 Å². The molecule has 2 aromatic rings. The van der Waals surface area contributed by atoms with Gasteiger partial charge < -0.3 is 10.2 Å². The van der Waals surface area contributed by atoms with Crippen molar-refractivity contribution in [3.05, 3.63) is 62.0 Å². The largest absolute Gasteiger partial charge is 0.343 e. The smallest absolute Gasteiger partial charge is 0.258 e. The Balaban J connectivity index is 1.68. The summed E-state index contributed by atoms with van der Waals surface area (Å²) in [6.45, 7) is 1.79. The van der Waals surface area contributed by atoms with Gasteiger partial charge in [-0.2, -0.15) is 4.98 Å². The number of piperidine rings is 1. The summed E-state index contributed by atoms with van der Waals surface area (Å²) in [5.74, 6) is 0.818. The number of hydrogen-bond donors (Lipinski definition) is 2. The maximum Gasteiger partial charge on any atom is 0.258 e. The van der Waals surface area contributed by atoms with Gasteiger partial charge in [0.1, 0.15) is 5.82 Å². The van der Waals surface area contributed by atoms with Crippen LogP contribution in [-0.2, 0) is 4.79 Å². The summed E-state index contributed by atoms with van der Waals surface area (Å²) < 4.78 is 0. The first kappa shape index (κ1) is 18.4. The maximum atomic E-state index is 13.2. The monoisotopic (exact) mass is 410 g/mol. The summed E-state index contributed by atoms with van der Waals surface area (Å²) in [5, 5.41) is 3.92. The van der Waals surface area contributed by atoms with Crippen molar-refractivity contribution in [1.82, 2.24) is 9.97 Å². The van der Waals surface area contributed by atoms with E-state index in [0.29, 0.717) is 34.3 Å². The number of rotatable bonds is 2. The van der Waals surface area contributed by atoms with Gasteiger partial charge in [0.05, 0.1) is 5.56 Å². The second-order valence-electron chi connectivity index (χ2n) is 7.98. The minimum atomic E-state index is -0.445. The third-order valence-electron chi connectivity index (χ3n) is 6.08. The number of hydrogen-bond acceptors (Lipinski definition) is 5. The number of H-pyrrole nitrogens is 1. The predicted octanol–water partition coefficient (Wildman–Crippen LogP) is 3.98. The van der Waals surface area contributed by atoms with E-state index >= 15 is 0 Å². The van der Waals surface area contributed by atoms with E-state index in [1.807, 2.05) is 18.2 Å². The summed E-state index contributed by atoms with van der Waals surface area (Å²) in [6.07, 6.45) is 5.51. The van der Waals surface area contributed by atoms with E-state index in [9.17, 15) is 9.59 Å². The van der Waals surface area contributed by atoms with Gasteiger partial charge in [0.2, 0.25) is 5.95 Å². The number of anilines is 2. The first-order chi connectivity index (χ1) is 14.1. The van der Waals surface area contributed by atoms with Gasteiger partial charge in [0.15, 0.2) is 5.78 Å². The van der Waals surface area contributed by atoms with Crippen LogP contribution in [0.4, 0.5) is 11.8 Å². The van der Waals surface area contributed by atoms with Crippen molar-refractivity contribution in [2.24, 2.45) is 0 Å². The van der Waals surface area contributed by atoms with Crippen molar-refractivity contribution < 1.29 is 4.79 Å². The molecule has 2 aliphatic heterocycles. The highest BCUT2D eigenvalue weighted by Gasteiger charge is 2.38. The summed E-state index contributed by atoms with van der Waals surface area (Å²) in [4.78, 5) is 36.0. The highest BCUT2D eigenvalue weighted by atomic mass is 35.5. The molecule has 7 heteroatoms. The number of nitrogens with zero attached hydrogens (tertiary/aromatic N) is 2. The zero-order valence-electron chi connectivity index (χ0n) is 16.1. The highest BCUT2D eigenvalue weighted by Crippen LogP contribution is 2.43. The zero-order chi connectivity index (χ0) is 20.0. The van der Waals surface area contributed by atoms with E-state index in [0.717, 1.165) is 50.0 Å². The van der Waals surface area contributed by atoms with E-state index in [-0.39, 0.29) is 11.3 Å². The Hall–Kier alpha value is -2.60. The summed E-state index contributed by atoms with van der Waals surface area (Å²) in [5.41, 5.74) is 2.73. The van der Waals surface area contributed by atoms with Crippen LogP contribution in [0, 0.1) is 0 Å². The zero-order valence-corrected chi connectivity index (χ0v) is 16.9. The number of carbonyl (C=O) groups is 1. The molecule has 6 nitrogen and oxygen atoms in total. The van der Waals surface area contributed by atoms with E-state index < -0.39 is 5.92 Å². The highest BCUT2D eigenvalue weighted by molar-refractivity contribution is 6.30. The average molecular weight is 411 g/mol. The minimum absolute atomic E-state index is 0.0916. The van der Waals surface area contributed by atoms with Gasteiger partial charge in [0.25, 0.3) is 5.56 Å². The maximum absolute atomic E-state index is 13.2. The Morgan fingerprint density at radius 3 is 2.69 bits per heavy atom. The van der Waals surface area contributed by atoms with Crippen LogP contribution in [0.15, 0.2) is 40.3 Å². The van der Waals surface area contributed by atoms with E-state index in [1.54, 1.807) is 6.07 Å². The lowest BCUT2D eigenvalue weighted by Crippen LogP contribution is -2.36. The Morgan fingerprint density at radius 1 is 1.07 bits per heavy atom. The van der Waals surface area contributed by atoms with E-state index in [1.165, 1.54) is 6.42 Å². The first-order valence-electron chi connectivity index (χ1n) is 10.3. The van der Waals surface area contributed by atoms with Gasteiger partial charge in [-0.15, -0.1) is 0 Å². The molecule has 29 heavy (non-hydrogen) atoms. The fraction of sp³-hybridized carbons (Fsp3) is 0.409. The number of carbonyl (C=O) groups excluding carboxylic acids is 1. The van der Waals surface area contributed by atoms with Crippen molar-refractivity contribution in [2.45, 2.75) is 44.4 Å². The molecule has 0 spiro atoms. The van der Waals surface area contributed by atoms with Gasteiger partial charge in [-0.1, -0.05) is 23.7 Å².